The number of rotatable bonds is 6. The number of likely N-dealkylation sites (N-methyl/N-ethyl adjacent to an activating group) is 1. The van der Waals surface area contributed by atoms with E-state index < -0.39 is 30.0 Å². The first kappa shape index (κ1) is 35.9. The van der Waals surface area contributed by atoms with Crippen LogP contribution in [0.15, 0.2) is 60.8 Å². The van der Waals surface area contributed by atoms with Gasteiger partial charge in [0.05, 0.1) is 12.7 Å². The van der Waals surface area contributed by atoms with E-state index in [1.54, 1.807) is 19.3 Å². The Morgan fingerprint density at radius 2 is 1.92 bits per heavy atom. The van der Waals surface area contributed by atoms with Crippen molar-refractivity contribution in [2.45, 2.75) is 58.2 Å². The molecule has 1 aliphatic carbocycles. The number of pyridine rings is 1. The Morgan fingerprint density at radius 3 is 2.62 bits per heavy atom. The highest BCUT2D eigenvalue weighted by molar-refractivity contribution is 5.94. The lowest BCUT2D eigenvalue weighted by Gasteiger charge is -2.28. The molecule has 3 aromatic carbocycles. The predicted octanol–water partition coefficient (Wildman–Crippen LogP) is 5.98. The van der Waals surface area contributed by atoms with Gasteiger partial charge < -0.3 is 35.6 Å². The molecule has 0 radical (unpaired) electrons. The third-order valence-corrected chi connectivity index (χ3v) is 8.69. The Balaban J connectivity index is 0.00000115. The fourth-order valence-corrected chi connectivity index (χ4v) is 5.96. The van der Waals surface area contributed by atoms with E-state index in [9.17, 15) is 14.7 Å². The van der Waals surface area contributed by atoms with Gasteiger partial charge in [0.25, 0.3) is 5.97 Å². The molecule has 2 aliphatic heterocycles. The number of halogens is 1. The van der Waals surface area contributed by atoms with Crippen LogP contribution < -0.4 is 21.1 Å². The number of amides is 2. The maximum atomic E-state index is 15.5. The van der Waals surface area contributed by atoms with Crippen LogP contribution in [0.4, 0.5) is 26.4 Å². The number of nitrogens with zero attached hydrogens (tertiary/aromatic N) is 2. The Labute approximate surface area is 289 Å². The molecule has 2 amide bonds. The Bertz CT molecular complexity index is 1900. The maximum absolute atomic E-state index is 15.5. The first-order chi connectivity index (χ1) is 23.8. The molecule has 0 spiro atoms. The van der Waals surface area contributed by atoms with Gasteiger partial charge >= 0.3 is 6.09 Å². The molecular formula is C37H42FN5O7. The number of aromatic nitrogens is 1. The molecule has 3 heterocycles. The summed E-state index contributed by atoms with van der Waals surface area (Å²) in [5.74, 6) is -1.50. The number of hydrogen-bond donors (Lipinski definition) is 5. The largest absolute Gasteiger partial charge is 0.487 e. The van der Waals surface area contributed by atoms with Crippen molar-refractivity contribution in [1.29, 1.82) is 0 Å². The average Bonchev–Trinajstić information content (AvgIpc) is 3.91. The zero-order valence-corrected chi connectivity index (χ0v) is 28.4. The van der Waals surface area contributed by atoms with Gasteiger partial charge in [0.1, 0.15) is 18.5 Å². The van der Waals surface area contributed by atoms with E-state index in [1.165, 1.54) is 4.90 Å². The summed E-state index contributed by atoms with van der Waals surface area (Å²) >= 11 is 0. The number of nitrogens with two attached hydrogens (primary N) is 1. The summed E-state index contributed by atoms with van der Waals surface area (Å²) < 4.78 is 26.8. The smallest absolute Gasteiger partial charge is 0.411 e. The number of fused-ring (bicyclic) bond motifs is 10. The van der Waals surface area contributed by atoms with E-state index in [4.69, 9.17) is 25.1 Å². The summed E-state index contributed by atoms with van der Waals surface area (Å²) in [6, 6.07) is 15.2. The molecule has 6 N–H and O–H groups in total. The van der Waals surface area contributed by atoms with Gasteiger partial charge in [-0.1, -0.05) is 25.1 Å². The van der Waals surface area contributed by atoms with Crippen molar-refractivity contribution in [2.75, 3.05) is 36.6 Å². The van der Waals surface area contributed by atoms with Gasteiger partial charge in [0.2, 0.25) is 5.91 Å². The molecule has 264 valence electrons. The molecule has 3 aliphatic rings. The van der Waals surface area contributed by atoms with Gasteiger partial charge in [0, 0.05) is 61.0 Å². The van der Waals surface area contributed by atoms with Crippen LogP contribution in [0.1, 0.15) is 60.9 Å². The van der Waals surface area contributed by atoms with Gasteiger partial charge in [-0.2, -0.15) is 0 Å². The van der Waals surface area contributed by atoms with E-state index >= 15 is 4.39 Å². The summed E-state index contributed by atoms with van der Waals surface area (Å²) in [6.45, 7) is 4.96. The highest BCUT2D eigenvalue weighted by Crippen LogP contribution is 2.35. The SMILES string of the molecule is CC(=O)O.Cc1cc2ccc1[C@@H](C)COC(=O)Nc1cc(F)c(OC[C@H](O)C3CC3)c(c1)CN(C)C(=O)[C@@H]2Nc1ccc2c(N)nccc2c1. The lowest BCUT2D eigenvalue weighted by Crippen LogP contribution is -2.35. The lowest BCUT2D eigenvalue weighted by atomic mass is 9.93. The van der Waals surface area contributed by atoms with Crippen LogP contribution in [0.25, 0.3) is 10.8 Å². The molecule has 4 bridgehead atoms. The van der Waals surface area contributed by atoms with Crippen LogP contribution in [0.5, 0.6) is 5.75 Å². The number of carboxylic acids is 1. The topological polar surface area (TPSA) is 176 Å². The fourth-order valence-electron chi connectivity index (χ4n) is 5.96. The number of anilines is 3. The fraction of sp³-hybridized carbons (Fsp3) is 0.351. The molecule has 1 saturated carbocycles. The summed E-state index contributed by atoms with van der Waals surface area (Å²) in [4.78, 5) is 41.6. The van der Waals surface area contributed by atoms with E-state index in [1.807, 2.05) is 56.3 Å². The second-order valence-electron chi connectivity index (χ2n) is 12.8. The molecular weight excluding hydrogens is 645 g/mol. The number of ether oxygens (including phenoxy) is 2. The van der Waals surface area contributed by atoms with Crippen LogP contribution >= 0.6 is 0 Å². The van der Waals surface area contributed by atoms with Crippen molar-refractivity contribution in [2.24, 2.45) is 5.92 Å². The van der Waals surface area contributed by atoms with Gasteiger partial charge in [0.15, 0.2) is 11.6 Å². The molecule has 0 unspecified atom stereocenters. The van der Waals surface area contributed by atoms with Crippen molar-refractivity contribution in [3.63, 3.8) is 0 Å². The summed E-state index contributed by atoms with van der Waals surface area (Å²) in [7, 11) is 1.63. The number of aliphatic hydroxyl groups excluding tert-OH is 1. The monoisotopic (exact) mass is 687 g/mol. The third kappa shape index (κ3) is 8.77. The number of nitrogen functional groups attached to an aromatic ring is 1. The molecule has 4 aromatic rings. The number of nitrogens with one attached hydrogen (secondary N) is 2. The molecule has 12 nitrogen and oxygen atoms in total. The zero-order chi connectivity index (χ0) is 36.1. The van der Waals surface area contributed by atoms with E-state index in [-0.39, 0.29) is 48.9 Å². The van der Waals surface area contributed by atoms with Crippen LogP contribution in [-0.2, 0) is 20.9 Å². The second kappa shape index (κ2) is 15.4. The van der Waals surface area contributed by atoms with Gasteiger partial charge in [-0.05, 0) is 78.1 Å². The normalized spacial score (nSPS) is 18.4. The van der Waals surface area contributed by atoms with E-state index in [0.717, 1.165) is 53.3 Å². The summed E-state index contributed by atoms with van der Waals surface area (Å²) in [6.07, 6.45) is 1.99. The number of benzene rings is 3. The first-order valence-corrected chi connectivity index (χ1v) is 16.3. The Hall–Kier alpha value is -5.43. The summed E-state index contributed by atoms with van der Waals surface area (Å²) in [5, 5.41) is 25.5. The summed E-state index contributed by atoms with van der Waals surface area (Å²) in [5.41, 5.74) is 9.90. The van der Waals surface area contributed by atoms with Crippen molar-refractivity contribution in [3.05, 3.63) is 88.9 Å². The lowest BCUT2D eigenvalue weighted by molar-refractivity contribution is -0.134. The molecule has 7 rings (SSSR count). The zero-order valence-electron chi connectivity index (χ0n) is 28.4. The molecule has 3 atom stereocenters. The Kier molecular flexibility index (Phi) is 11.1. The van der Waals surface area contributed by atoms with Gasteiger partial charge in [-0.25, -0.2) is 14.2 Å². The number of carboxylic acid groups (broad SMARTS) is 1. The first-order valence-electron chi connectivity index (χ1n) is 16.3. The van der Waals surface area contributed by atoms with Crippen molar-refractivity contribution < 1.29 is 38.5 Å². The van der Waals surface area contributed by atoms with Crippen molar-refractivity contribution in [1.82, 2.24) is 9.88 Å². The number of aliphatic hydroxyl groups is 1. The minimum absolute atomic E-state index is 0.0403. The van der Waals surface area contributed by atoms with Gasteiger partial charge in [-0.15, -0.1) is 0 Å². The second-order valence-corrected chi connectivity index (χ2v) is 12.8. The quantitative estimate of drug-likeness (QED) is 0.162. The minimum atomic E-state index is -0.833. The number of aryl methyl sites for hydroxylation is 1. The molecule has 1 aromatic heterocycles. The van der Waals surface area contributed by atoms with Crippen LogP contribution in [0.3, 0.4) is 0 Å². The minimum Gasteiger partial charge on any atom is -0.487 e. The highest BCUT2D eigenvalue weighted by atomic mass is 19.1. The number of carbonyl (C=O) groups excluding carboxylic acids is 2. The van der Waals surface area contributed by atoms with E-state index in [0.29, 0.717) is 17.1 Å². The van der Waals surface area contributed by atoms with Gasteiger partial charge in [-0.3, -0.25) is 14.9 Å². The maximum Gasteiger partial charge on any atom is 0.411 e. The number of hydrogen-bond acceptors (Lipinski definition) is 9. The van der Waals surface area contributed by atoms with Crippen LogP contribution in [0.2, 0.25) is 0 Å². The molecule has 13 heteroatoms. The number of aliphatic carboxylic acids is 1. The molecule has 50 heavy (non-hydrogen) atoms. The average molecular weight is 688 g/mol. The molecule has 0 saturated heterocycles. The van der Waals surface area contributed by atoms with Crippen LogP contribution in [0, 0.1) is 18.7 Å². The molecule has 1 fully saturated rings. The Morgan fingerprint density at radius 1 is 1.18 bits per heavy atom. The predicted molar refractivity (Wildman–Crippen MR) is 187 cm³/mol. The van der Waals surface area contributed by atoms with E-state index in [2.05, 4.69) is 15.6 Å². The highest BCUT2D eigenvalue weighted by Gasteiger charge is 2.31. The number of carbonyl (C=O) groups is 3. The van der Waals surface area contributed by atoms with Crippen LogP contribution in [-0.4, -0.2) is 64.4 Å². The standard InChI is InChI=1S/C35H38FN5O5.C2H4O2/c1-19-12-23-6-8-27(19)20(2)17-46-35(44)40-26-14-24(32(29(36)15-26)45-18-30(42)21-4-5-21)16-41(3)34(43)31(23)39-25-7-9-28-22(13-25)10-11-38-33(28)37;1-2(3)4/h6-15,20-21,30-31,39,42H,4-5,16-18H2,1-3H3,(H2,37,38)(H,40,44);1H3,(H,3,4)/t20-,30-,31+;/m0./s1. The third-order valence-electron chi connectivity index (χ3n) is 8.69. The van der Waals surface area contributed by atoms with Crippen molar-refractivity contribution >= 4 is 45.9 Å². The van der Waals surface area contributed by atoms with Crippen molar-refractivity contribution in [3.8, 4) is 5.75 Å².